The zero-order chi connectivity index (χ0) is 13.2. The molecule has 100 valence electrons. The number of nitrogens with one attached hydrogen (secondary N) is 2. The number of nitrogens with two attached hydrogens (primary N) is 1. The second-order valence-electron chi connectivity index (χ2n) is 4.41. The van der Waals surface area contributed by atoms with Crippen LogP contribution < -0.4 is 11.1 Å². The second-order valence-corrected chi connectivity index (χ2v) is 4.41. The molecule has 5 nitrogen and oxygen atoms in total. The highest BCUT2D eigenvalue weighted by atomic mass is 15.0. The lowest BCUT2D eigenvalue weighted by molar-refractivity contribution is 0.443. The van der Waals surface area contributed by atoms with E-state index in [0.717, 1.165) is 12.8 Å². The Morgan fingerprint density at radius 3 is 2.72 bits per heavy atom. The van der Waals surface area contributed by atoms with Gasteiger partial charge in [0.05, 0.1) is 18.9 Å². The number of amidine groups is 1. The molecule has 0 radical (unpaired) electrons. The fraction of sp³-hybridized carbons (Fsp3) is 0.615. The van der Waals surface area contributed by atoms with Crippen molar-refractivity contribution in [1.82, 2.24) is 5.32 Å². The monoisotopic (exact) mass is 249 g/mol. The van der Waals surface area contributed by atoms with E-state index in [1.807, 2.05) is 0 Å². The van der Waals surface area contributed by atoms with E-state index in [1.165, 1.54) is 25.5 Å². The van der Waals surface area contributed by atoms with Crippen LogP contribution in [0.4, 0.5) is 0 Å². The molecule has 1 aliphatic rings. The largest absolute Gasteiger partial charge is 0.331 e. The molecule has 1 fully saturated rings. The Morgan fingerprint density at radius 1 is 1.39 bits per heavy atom. The van der Waals surface area contributed by atoms with Crippen LogP contribution in [0.15, 0.2) is 22.1 Å². The standard InChI is InChI=1S/C13H23N5/c1-11(9-15)13(17-10-16-8-7-14)18-12-5-3-2-4-6-12/h9-10,12,15H,1-8,14H2,(H,16,17,18). The van der Waals surface area contributed by atoms with Crippen molar-refractivity contribution in [3.8, 4) is 0 Å². The Kier molecular flexibility index (Phi) is 6.94. The van der Waals surface area contributed by atoms with E-state index >= 15 is 0 Å². The Balaban J connectivity index is 2.61. The third-order valence-electron chi connectivity index (χ3n) is 2.92. The number of hydrogen-bond donors (Lipinski definition) is 3. The van der Waals surface area contributed by atoms with Crippen molar-refractivity contribution >= 4 is 18.4 Å². The summed E-state index contributed by atoms with van der Waals surface area (Å²) in [5, 5.41) is 10.3. The minimum absolute atomic E-state index is 0.348. The molecule has 1 saturated carbocycles. The molecule has 0 amide bonds. The topological polar surface area (TPSA) is 86.6 Å². The van der Waals surface area contributed by atoms with Gasteiger partial charge in [0, 0.05) is 18.3 Å². The van der Waals surface area contributed by atoms with Crippen molar-refractivity contribution in [2.75, 3.05) is 13.1 Å². The third-order valence-corrected chi connectivity index (χ3v) is 2.92. The molecule has 18 heavy (non-hydrogen) atoms. The van der Waals surface area contributed by atoms with Crippen LogP contribution in [0.5, 0.6) is 0 Å². The van der Waals surface area contributed by atoms with Crippen LogP contribution in [0.1, 0.15) is 32.1 Å². The summed E-state index contributed by atoms with van der Waals surface area (Å²) in [5.74, 6) is 0.651. The minimum Gasteiger partial charge on any atom is -0.331 e. The van der Waals surface area contributed by atoms with Crippen LogP contribution in [0.25, 0.3) is 0 Å². The first kappa shape index (κ1) is 14.6. The second kappa shape index (κ2) is 8.58. The van der Waals surface area contributed by atoms with Crippen molar-refractivity contribution in [1.29, 1.82) is 5.41 Å². The van der Waals surface area contributed by atoms with Crippen molar-refractivity contribution < 1.29 is 0 Å². The zero-order valence-corrected chi connectivity index (χ0v) is 10.9. The molecule has 0 spiro atoms. The molecule has 0 aromatic heterocycles. The first-order chi connectivity index (χ1) is 8.77. The molecule has 0 saturated heterocycles. The lowest BCUT2D eigenvalue weighted by atomic mass is 9.96. The number of aliphatic imine (C=N–C) groups is 2. The summed E-state index contributed by atoms with van der Waals surface area (Å²) in [6, 6.07) is 0.348. The number of hydrogen-bond acceptors (Lipinski definition) is 4. The summed E-state index contributed by atoms with van der Waals surface area (Å²) in [4.78, 5) is 8.72. The number of nitrogens with zero attached hydrogens (tertiary/aromatic N) is 2. The van der Waals surface area contributed by atoms with Gasteiger partial charge in [-0.1, -0.05) is 25.8 Å². The van der Waals surface area contributed by atoms with Gasteiger partial charge in [-0.3, -0.25) is 9.98 Å². The van der Waals surface area contributed by atoms with Gasteiger partial charge in [0.1, 0.15) is 5.84 Å². The molecule has 0 aliphatic heterocycles. The Hall–Kier alpha value is -1.49. The van der Waals surface area contributed by atoms with Crippen LogP contribution in [-0.4, -0.2) is 37.5 Å². The van der Waals surface area contributed by atoms with Gasteiger partial charge in [-0.15, -0.1) is 0 Å². The third kappa shape index (κ3) is 5.23. The molecule has 0 unspecified atom stereocenters. The lowest BCUT2D eigenvalue weighted by Gasteiger charge is -2.19. The van der Waals surface area contributed by atoms with Crippen molar-refractivity contribution in [2.24, 2.45) is 15.7 Å². The van der Waals surface area contributed by atoms with E-state index in [0.29, 0.717) is 30.5 Å². The molecule has 0 heterocycles. The molecule has 4 N–H and O–H groups in total. The summed E-state index contributed by atoms with van der Waals surface area (Å²) in [7, 11) is 0. The maximum Gasteiger partial charge on any atom is 0.134 e. The van der Waals surface area contributed by atoms with Gasteiger partial charge < -0.3 is 16.5 Å². The number of rotatable bonds is 6. The van der Waals surface area contributed by atoms with E-state index in [1.54, 1.807) is 6.34 Å². The fourth-order valence-corrected chi connectivity index (χ4v) is 1.92. The summed E-state index contributed by atoms with van der Waals surface area (Å²) in [6.45, 7) is 4.93. The Morgan fingerprint density at radius 2 is 2.11 bits per heavy atom. The van der Waals surface area contributed by atoms with Gasteiger partial charge in [-0.05, 0) is 12.8 Å². The molecular weight excluding hydrogens is 226 g/mol. The zero-order valence-electron chi connectivity index (χ0n) is 10.9. The first-order valence-corrected chi connectivity index (χ1v) is 6.50. The maximum atomic E-state index is 7.26. The van der Waals surface area contributed by atoms with Crippen LogP contribution in [0.3, 0.4) is 0 Å². The molecule has 1 aliphatic carbocycles. The molecule has 0 aromatic rings. The average Bonchev–Trinajstić information content (AvgIpc) is 2.42. The summed E-state index contributed by atoms with van der Waals surface area (Å²) in [5.41, 5.74) is 5.94. The van der Waals surface area contributed by atoms with Gasteiger partial charge in [0.2, 0.25) is 0 Å². The predicted molar refractivity (Wildman–Crippen MR) is 77.8 cm³/mol. The normalized spacial score (nSPS) is 17.9. The van der Waals surface area contributed by atoms with E-state index in [4.69, 9.17) is 11.1 Å². The highest BCUT2D eigenvalue weighted by Crippen LogP contribution is 2.20. The smallest absolute Gasteiger partial charge is 0.134 e. The van der Waals surface area contributed by atoms with Gasteiger partial charge in [0.15, 0.2) is 0 Å². The quantitative estimate of drug-likeness (QED) is 0.492. The predicted octanol–water partition coefficient (Wildman–Crippen LogP) is 1.50. The SMILES string of the molecule is C=C(C=N)C(=NC1CCCCC1)NC=NCCN. The first-order valence-electron chi connectivity index (χ1n) is 6.50. The van der Waals surface area contributed by atoms with Crippen LogP contribution in [0, 0.1) is 5.41 Å². The molecule has 5 heteroatoms. The molecule has 0 bridgehead atoms. The van der Waals surface area contributed by atoms with Crippen LogP contribution in [-0.2, 0) is 0 Å². The van der Waals surface area contributed by atoms with Gasteiger partial charge >= 0.3 is 0 Å². The van der Waals surface area contributed by atoms with Crippen LogP contribution >= 0.6 is 0 Å². The Bertz CT molecular complexity index is 326. The van der Waals surface area contributed by atoms with Gasteiger partial charge in [-0.25, -0.2) is 0 Å². The molecule has 1 rings (SSSR count). The highest BCUT2D eigenvalue weighted by Gasteiger charge is 2.13. The molecule has 0 aromatic carbocycles. The van der Waals surface area contributed by atoms with Gasteiger partial charge in [0.25, 0.3) is 0 Å². The summed E-state index contributed by atoms with van der Waals surface area (Å²) < 4.78 is 0. The molecular formula is C13H23N5. The average molecular weight is 249 g/mol. The molecule has 0 atom stereocenters. The van der Waals surface area contributed by atoms with E-state index < -0.39 is 0 Å². The highest BCUT2D eigenvalue weighted by molar-refractivity contribution is 6.16. The lowest BCUT2D eigenvalue weighted by Crippen LogP contribution is -2.27. The van der Waals surface area contributed by atoms with Crippen molar-refractivity contribution in [3.05, 3.63) is 12.2 Å². The van der Waals surface area contributed by atoms with E-state index in [9.17, 15) is 0 Å². The van der Waals surface area contributed by atoms with E-state index in [2.05, 4.69) is 21.9 Å². The maximum absolute atomic E-state index is 7.26. The summed E-state index contributed by atoms with van der Waals surface area (Å²) in [6.07, 6.45) is 8.82. The Labute approximate surface area is 109 Å². The van der Waals surface area contributed by atoms with Gasteiger partial charge in [-0.2, -0.15) is 0 Å². The summed E-state index contributed by atoms with van der Waals surface area (Å²) >= 11 is 0. The van der Waals surface area contributed by atoms with Crippen molar-refractivity contribution in [3.63, 3.8) is 0 Å². The van der Waals surface area contributed by atoms with Crippen LogP contribution in [0.2, 0.25) is 0 Å². The fourth-order valence-electron chi connectivity index (χ4n) is 1.92. The minimum atomic E-state index is 0.348. The van der Waals surface area contributed by atoms with E-state index in [-0.39, 0.29) is 0 Å². The van der Waals surface area contributed by atoms with Crippen molar-refractivity contribution in [2.45, 2.75) is 38.1 Å².